The van der Waals surface area contributed by atoms with Crippen LogP contribution in [-0.4, -0.2) is 29.6 Å². The zero-order chi connectivity index (χ0) is 21.5. The number of thiophene rings is 1. The number of carbonyl (C=O) groups excluding carboxylic acids is 2. The molecule has 7 heteroatoms. The molecule has 2 aliphatic carbocycles. The summed E-state index contributed by atoms with van der Waals surface area (Å²) in [7, 11) is 0. The van der Waals surface area contributed by atoms with Crippen LogP contribution in [0.4, 0.5) is 5.00 Å². The Labute approximate surface area is 175 Å². The Morgan fingerprint density at radius 2 is 1.83 bits per heavy atom. The number of carboxylic acids is 1. The van der Waals surface area contributed by atoms with Crippen LogP contribution in [0.2, 0.25) is 0 Å². The summed E-state index contributed by atoms with van der Waals surface area (Å²) in [6.45, 7) is 10.0. The van der Waals surface area contributed by atoms with E-state index in [1.807, 2.05) is 27.7 Å². The molecule has 0 unspecified atom stereocenters. The molecule has 0 radical (unpaired) electrons. The Kier molecular flexibility index (Phi) is 6.17. The first kappa shape index (κ1) is 21.6. The molecule has 2 aliphatic rings. The monoisotopic (exact) mass is 419 g/mol. The first-order chi connectivity index (χ1) is 13.7. The highest BCUT2D eigenvalue weighted by Gasteiger charge is 2.57. The van der Waals surface area contributed by atoms with E-state index in [-0.39, 0.29) is 30.3 Å². The molecule has 4 atom stereocenters. The van der Waals surface area contributed by atoms with Crippen LogP contribution in [0, 0.1) is 23.7 Å². The summed E-state index contributed by atoms with van der Waals surface area (Å²) in [5, 5.41) is 13.2. The Balaban J connectivity index is 1.93. The number of amides is 1. The van der Waals surface area contributed by atoms with Crippen LogP contribution >= 0.6 is 11.3 Å². The molecule has 2 bridgehead atoms. The van der Waals surface area contributed by atoms with E-state index in [0.717, 1.165) is 28.9 Å². The Morgan fingerprint density at radius 3 is 2.34 bits per heavy atom. The van der Waals surface area contributed by atoms with Crippen molar-refractivity contribution >= 4 is 34.2 Å². The van der Waals surface area contributed by atoms with Crippen molar-refractivity contribution in [3.63, 3.8) is 0 Å². The first-order valence-electron chi connectivity index (χ1n) is 10.2. The highest BCUT2D eigenvalue weighted by atomic mass is 32.1. The number of esters is 1. The fourth-order valence-corrected chi connectivity index (χ4v) is 6.00. The van der Waals surface area contributed by atoms with Gasteiger partial charge in [-0.2, -0.15) is 0 Å². The molecule has 29 heavy (non-hydrogen) atoms. The van der Waals surface area contributed by atoms with Gasteiger partial charge >= 0.3 is 11.9 Å². The third-order valence-corrected chi connectivity index (χ3v) is 7.41. The van der Waals surface area contributed by atoms with Gasteiger partial charge < -0.3 is 15.2 Å². The summed E-state index contributed by atoms with van der Waals surface area (Å²) in [6.07, 6.45) is 1.65. The lowest BCUT2D eigenvalue weighted by Gasteiger charge is -2.26. The molecule has 1 aromatic heterocycles. The SMILES string of the molecule is CCOC(=O)c1cc(C(C)C)sc1NC(=O)[C@@H]1[C@H](C(=O)O)[C@H]2CC[C@H]1C2=C(C)C. The van der Waals surface area contributed by atoms with Crippen molar-refractivity contribution in [3.05, 3.63) is 27.7 Å². The third-order valence-electron chi connectivity index (χ3n) is 6.06. The molecule has 1 heterocycles. The molecule has 6 nitrogen and oxygen atoms in total. The maximum Gasteiger partial charge on any atom is 0.341 e. The van der Waals surface area contributed by atoms with Gasteiger partial charge in [-0.1, -0.05) is 25.0 Å². The van der Waals surface area contributed by atoms with Crippen molar-refractivity contribution in [3.8, 4) is 0 Å². The lowest BCUT2D eigenvalue weighted by molar-refractivity contribution is -0.148. The van der Waals surface area contributed by atoms with Gasteiger partial charge in [0.2, 0.25) is 5.91 Å². The minimum Gasteiger partial charge on any atom is -0.481 e. The van der Waals surface area contributed by atoms with E-state index in [4.69, 9.17) is 4.74 Å². The topological polar surface area (TPSA) is 92.7 Å². The van der Waals surface area contributed by atoms with Gasteiger partial charge in [0.25, 0.3) is 0 Å². The van der Waals surface area contributed by atoms with E-state index >= 15 is 0 Å². The van der Waals surface area contributed by atoms with E-state index in [1.165, 1.54) is 11.3 Å². The number of anilines is 1. The van der Waals surface area contributed by atoms with Gasteiger partial charge in [0.15, 0.2) is 0 Å². The van der Waals surface area contributed by atoms with Crippen LogP contribution in [0.3, 0.4) is 0 Å². The van der Waals surface area contributed by atoms with Crippen LogP contribution in [0.25, 0.3) is 0 Å². The number of nitrogens with one attached hydrogen (secondary N) is 1. The normalized spacial score (nSPS) is 25.4. The molecule has 3 rings (SSSR count). The molecule has 2 N–H and O–H groups in total. The number of hydrogen-bond acceptors (Lipinski definition) is 5. The molecule has 0 aliphatic heterocycles. The Bertz CT molecular complexity index is 865. The van der Waals surface area contributed by atoms with Gasteiger partial charge in [-0.05, 0) is 57.4 Å². The second kappa shape index (κ2) is 8.30. The van der Waals surface area contributed by atoms with Crippen LogP contribution in [0.5, 0.6) is 0 Å². The van der Waals surface area contributed by atoms with Crippen LogP contribution < -0.4 is 5.32 Å². The molecule has 158 valence electrons. The fourth-order valence-electron chi connectivity index (χ4n) is 4.95. The number of hydrogen-bond donors (Lipinski definition) is 2. The Morgan fingerprint density at radius 1 is 1.21 bits per heavy atom. The average molecular weight is 420 g/mol. The molecular formula is C22H29NO5S. The summed E-state index contributed by atoms with van der Waals surface area (Å²) in [4.78, 5) is 38.6. The molecule has 1 amide bonds. The van der Waals surface area contributed by atoms with E-state index in [9.17, 15) is 19.5 Å². The molecule has 2 fully saturated rings. The van der Waals surface area contributed by atoms with E-state index in [0.29, 0.717) is 10.6 Å². The fraction of sp³-hybridized carbons (Fsp3) is 0.591. The van der Waals surface area contributed by atoms with Gasteiger partial charge in [-0.25, -0.2) is 4.79 Å². The maximum atomic E-state index is 13.3. The van der Waals surface area contributed by atoms with Gasteiger partial charge in [0, 0.05) is 4.88 Å². The second-order valence-corrected chi connectivity index (χ2v) is 9.48. The smallest absolute Gasteiger partial charge is 0.341 e. The summed E-state index contributed by atoms with van der Waals surface area (Å²) in [5.41, 5.74) is 2.59. The number of aliphatic carboxylic acids is 1. The predicted octanol–water partition coefficient (Wildman–Crippen LogP) is 4.68. The molecular weight excluding hydrogens is 390 g/mol. The molecule has 0 saturated heterocycles. The molecule has 2 saturated carbocycles. The maximum absolute atomic E-state index is 13.3. The van der Waals surface area contributed by atoms with Crippen molar-refractivity contribution in [2.45, 2.75) is 53.4 Å². The zero-order valence-corrected chi connectivity index (χ0v) is 18.4. The predicted molar refractivity (Wildman–Crippen MR) is 112 cm³/mol. The van der Waals surface area contributed by atoms with Crippen molar-refractivity contribution in [1.29, 1.82) is 0 Å². The number of fused-ring (bicyclic) bond motifs is 2. The minimum absolute atomic E-state index is 0.0401. The summed E-state index contributed by atoms with van der Waals surface area (Å²) < 4.78 is 5.14. The standard InChI is InChI=1S/C22H29NO5S/c1-6-28-22(27)14-9-15(10(2)3)29-20(14)23-19(24)17-12-7-8-13(16(12)11(4)5)18(17)21(25)26/h9-10,12-13,17-18H,6-8H2,1-5H3,(H,23,24)(H,25,26)/t12-,13-,17-,18+/m0/s1. The summed E-state index contributed by atoms with van der Waals surface area (Å²) >= 11 is 1.35. The van der Waals surface area contributed by atoms with E-state index in [1.54, 1.807) is 13.0 Å². The van der Waals surface area contributed by atoms with Gasteiger partial charge in [-0.15, -0.1) is 11.3 Å². The highest BCUT2D eigenvalue weighted by Crippen LogP contribution is 2.57. The van der Waals surface area contributed by atoms with Crippen LogP contribution in [0.1, 0.15) is 68.6 Å². The van der Waals surface area contributed by atoms with E-state index < -0.39 is 23.8 Å². The van der Waals surface area contributed by atoms with Gasteiger partial charge in [0.05, 0.1) is 24.0 Å². The molecule has 0 spiro atoms. The largest absolute Gasteiger partial charge is 0.481 e. The second-order valence-electron chi connectivity index (χ2n) is 8.39. The quantitative estimate of drug-likeness (QED) is 0.516. The lowest BCUT2D eigenvalue weighted by Crippen LogP contribution is -2.37. The third kappa shape index (κ3) is 3.84. The van der Waals surface area contributed by atoms with Gasteiger partial charge in [-0.3, -0.25) is 9.59 Å². The van der Waals surface area contributed by atoms with Gasteiger partial charge in [0.1, 0.15) is 5.00 Å². The van der Waals surface area contributed by atoms with Crippen molar-refractivity contribution < 1.29 is 24.2 Å². The summed E-state index contributed by atoms with van der Waals surface area (Å²) in [5.74, 6) is -2.95. The average Bonchev–Trinajstić information content (AvgIpc) is 3.32. The highest BCUT2D eigenvalue weighted by molar-refractivity contribution is 7.16. The van der Waals surface area contributed by atoms with Crippen LogP contribution in [-0.2, 0) is 14.3 Å². The molecule has 1 aromatic rings. The lowest BCUT2D eigenvalue weighted by atomic mass is 9.79. The molecule has 0 aromatic carbocycles. The van der Waals surface area contributed by atoms with E-state index in [2.05, 4.69) is 5.32 Å². The van der Waals surface area contributed by atoms with Crippen molar-refractivity contribution in [1.82, 2.24) is 0 Å². The first-order valence-corrected chi connectivity index (χ1v) is 11.0. The van der Waals surface area contributed by atoms with Crippen molar-refractivity contribution in [2.24, 2.45) is 23.7 Å². The Hall–Kier alpha value is -2.15. The number of carboxylic acid groups (broad SMARTS) is 1. The zero-order valence-electron chi connectivity index (χ0n) is 17.6. The summed E-state index contributed by atoms with van der Waals surface area (Å²) in [6, 6.07) is 1.76. The number of carbonyl (C=O) groups is 3. The van der Waals surface area contributed by atoms with Crippen LogP contribution in [0.15, 0.2) is 17.2 Å². The number of allylic oxidation sites excluding steroid dienone is 2. The minimum atomic E-state index is -0.921. The van der Waals surface area contributed by atoms with Crippen molar-refractivity contribution in [2.75, 3.05) is 11.9 Å². The number of ether oxygens (including phenoxy) is 1. The number of rotatable bonds is 6.